The van der Waals surface area contributed by atoms with E-state index in [1.807, 2.05) is 36.4 Å². The Morgan fingerprint density at radius 1 is 1.14 bits per heavy atom. The van der Waals surface area contributed by atoms with Gasteiger partial charge in [-0.1, -0.05) is 36.0 Å². The van der Waals surface area contributed by atoms with Gasteiger partial charge < -0.3 is 5.32 Å². The molecule has 2 rings (SSSR count). The van der Waals surface area contributed by atoms with Crippen molar-refractivity contribution in [2.24, 2.45) is 0 Å². The molecule has 0 spiro atoms. The quantitative estimate of drug-likeness (QED) is 0.832. The molecule has 0 fully saturated rings. The average molecular weight is 314 g/mol. The van der Waals surface area contributed by atoms with E-state index in [1.165, 1.54) is 11.8 Å². The smallest absolute Gasteiger partial charge is 0.252 e. The molecule has 0 bridgehead atoms. The van der Waals surface area contributed by atoms with Crippen LogP contribution in [0.15, 0.2) is 58.3 Å². The molecule has 0 unspecified atom stereocenters. The molecule has 0 atom stereocenters. The second kappa shape index (κ2) is 7.77. The Bertz CT molecular complexity index is 680. The first-order valence-electron chi connectivity index (χ1n) is 6.41. The maximum Gasteiger partial charge on any atom is 0.252 e. The van der Waals surface area contributed by atoms with Gasteiger partial charge >= 0.3 is 0 Å². The monoisotopic (exact) mass is 314 g/mol. The number of hydrogen-bond donors (Lipinski definition) is 2. The SMILES string of the molecule is N#Cc1ccccc1Sc1ccccc1C(=O)NCCS. The first-order valence-corrected chi connectivity index (χ1v) is 7.86. The zero-order chi connectivity index (χ0) is 15.1. The molecule has 5 heteroatoms. The fourth-order valence-corrected chi connectivity index (χ4v) is 2.91. The van der Waals surface area contributed by atoms with Crippen molar-refractivity contribution in [3.63, 3.8) is 0 Å². The van der Waals surface area contributed by atoms with Crippen molar-refractivity contribution in [1.82, 2.24) is 5.32 Å². The summed E-state index contributed by atoms with van der Waals surface area (Å²) in [5, 5.41) is 11.9. The Kier molecular flexibility index (Phi) is 5.73. The van der Waals surface area contributed by atoms with Gasteiger partial charge in [-0.3, -0.25) is 4.79 Å². The lowest BCUT2D eigenvalue weighted by Crippen LogP contribution is -2.25. The molecule has 1 N–H and O–H groups in total. The van der Waals surface area contributed by atoms with Crippen LogP contribution in [0.1, 0.15) is 15.9 Å². The maximum atomic E-state index is 12.1. The number of nitrogens with one attached hydrogen (secondary N) is 1. The fourth-order valence-electron chi connectivity index (χ4n) is 1.77. The number of nitrogens with zero attached hydrogens (tertiary/aromatic N) is 1. The van der Waals surface area contributed by atoms with Crippen LogP contribution in [0, 0.1) is 11.3 Å². The summed E-state index contributed by atoms with van der Waals surface area (Å²) in [6, 6.07) is 16.9. The van der Waals surface area contributed by atoms with Crippen LogP contribution in [0.2, 0.25) is 0 Å². The maximum absolute atomic E-state index is 12.1. The highest BCUT2D eigenvalue weighted by Crippen LogP contribution is 2.32. The predicted molar refractivity (Wildman–Crippen MR) is 87.9 cm³/mol. The van der Waals surface area contributed by atoms with Crippen molar-refractivity contribution in [3.8, 4) is 6.07 Å². The van der Waals surface area contributed by atoms with Crippen LogP contribution in [-0.4, -0.2) is 18.2 Å². The minimum atomic E-state index is -0.124. The van der Waals surface area contributed by atoms with Gasteiger partial charge in [0.1, 0.15) is 6.07 Å². The minimum absolute atomic E-state index is 0.124. The average Bonchev–Trinajstić information content (AvgIpc) is 2.53. The summed E-state index contributed by atoms with van der Waals surface area (Å²) < 4.78 is 0. The van der Waals surface area contributed by atoms with Crippen molar-refractivity contribution in [1.29, 1.82) is 5.26 Å². The van der Waals surface area contributed by atoms with Gasteiger partial charge in [-0.25, -0.2) is 0 Å². The second-order valence-corrected chi connectivity index (χ2v) is 5.72. The van der Waals surface area contributed by atoms with Crippen molar-refractivity contribution in [3.05, 3.63) is 59.7 Å². The summed E-state index contributed by atoms with van der Waals surface area (Å²) in [4.78, 5) is 13.8. The zero-order valence-electron chi connectivity index (χ0n) is 11.2. The largest absolute Gasteiger partial charge is 0.351 e. The fraction of sp³-hybridized carbons (Fsp3) is 0.125. The highest BCUT2D eigenvalue weighted by Gasteiger charge is 2.12. The Hall–Kier alpha value is -1.90. The van der Waals surface area contributed by atoms with Gasteiger partial charge in [0.2, 0.25) is 0 Å². The number of rotatable bonds is 5. The summed E-state index contributed by atoms with van der Waals surface area (Å²) in [5.74, 6) is 0.472. The van der Waals surface area contributed by atoms with Crippen molar-refractivity contribution in [2.75, 3.05) is 12.3 Å². The Balaban J connectivity index is 2.29. The number of amides is 1. The number of nitriles is 1. The van der Waals surface area contributed by atoms with Gasteiger partial charge in [-0.05, 0) is 24.3 Å². The number of carbonyl (C=O) groups is 1. The van der Waals surface area contributed by atoms with Gasteiger partial charge in [-0.2, -0.15) is 17.9 Å². The van der Waals surface area contributed by atoms with Crippen LogP contribution in [0.4, 0.5) is 0 Å². The van der Waals surface area contributed by atoms with E-state index in [1.54, 1.807) is 12.1 Å². The normalized spacial score (nSPS) is 9.90. The zero-order valence-corrected chi connectivity index (χ0v) is 13.0. The first-order chi connectivity index (χ1) is 10.3. The summed E-state index contributed by atoms with van der Waals surface area (Å²) in [5.41, 5.74) is 1.21. The van der Waals surface area contributed by atoms with E-state index in [0.717, 1.165) is 9.79 Å². The summed E-state index contributed by atoms with van der Waals surface area (Å²) >= 11 is 5.51. The lowest BCUT2D eigenvalue weighted by molar-refractivity contribution is 0.0953. The summed E-state index contributed by atoms with van der Waals surface area (Å²) in [6.45, 7) is 0.524. The third-order valence-electron chi connectivity index (χ3n) is 2.76. The van der Waals surface area contributed by atoms with Crippen molar-refractivity contribution >= 4 is 30.3 Å². The third kappa shape index (κ3) is 4.03. The highest BCUT2D eigenvalue weighted by atomic mass is 32.2. The Morgan fingerprint density at radius 3 is 2.52 bits per heavy atom. The van der Waals surface area contributed by atoms with Crippen LogP contribution in [0.5, 0.6) is 0 Å². The molecule has 1 amide bonds. The van der Waals surface area contributed by atoms with E-state index >= 15 is 0 Å². The van der Waals surface area contributed by atoms with Crippen LogP contribution >= 0.6 is 24.4 Å². The van der Waals surface area contributed by atoms with Crippen LogP contribution in [-0.2, 0) is 0 Å². The lowest BCUT2D eigenvalue weighted by Gasteiger charge is -2.10. The molecular formula is C16H14N2OS2. The molecule has 0 heterocycles. The molecule has 0 saturated carbocycles. The van der Waals surface area contributed by atoms with E-state index in [0.29, 0.717) is 23.4 Å². The molecule has 2 aromatic carbocycles. The Morgan fingerprint density at radius 2 is 1.81 bits per heavy atom. The number of hydrogen-bond acceptors (Lipinski definition) is 4. The molecule has 0 aliphatic rings. The number of thiol groups is 1. The predicted octanol–water partition coefficient (Wildman–Crippen LogP) is 3.37. The van der Waals surface area contributed by atoms with E-state index in [-0.39, 0.29) is 5.91 Å². The topological polar surface area (TPSA) is 52.9 Å². The molecule has 0 aliphatic heterocycles. The summed E-state index contributed by atoms with van der Waals surface area (Å²) in [6.07, 6.45) is 0. The van der Waals surface area contributed by atoms with E-state index < -0.39 is 0 Å². The lowest BCUT2D eigenvalue weighted by atomic mass is 10.2. The van der Waals surface area contributed by atoms with Gasteiger partial charge in [0, 0.05) is 22.1 Å². The van der Waals surface area contributed by atoms with Crippen LogP contribution in [0.25, 0.3) is 0 Å². The summed E-state index contributed by atoms with van der Waals surface area (Å²) in [7, 11) is 0. The molecule has 0 radical (unpaired) electrons. The molecule has 0 aromatic heterocycles. The Labute approximate surface area is 133 Å². The molecule has 0 saturated heterocycles. The molecular weight excluding hydrogens is 300 g/mol. The molecule has 0 aliphatic carbocycles. The first kappa shape index (κ1) is 15.5. The third-order valence-corrected chi connectivity index (χ3v) is 4.13. The van der Waals surface area contributed by atoms with Crippen LogP contribution < -0.4 is 5.32 Å². The second-order valence-electron chi connectivity index (χ2n) is 4.19. The van der Waals surface area contributed by atoms with Crippen LogP contribution in [0.3, 0.4) is 0 Å². The van der Waals surface area contributed by atoms with Gasteiger partial charge in [0.05, 0.1) is 11.1 Å². The van der Waals surface area contributed by atoms with E-state index in [2.05, 4.69) is 24.0 Å². The van der Waals surface area contributed by atoms with Gasteiger partial charge in [0.15, 0.2) is 0 Å². The van der Waals surface area contributed by atoms with Gasteiger partial charge in [0.25, 0.3) is 5.91 Å². The molecule has 21 heavy (non-hydrogen) atoms. The number of carbonyl (C=O) groups excluding carboxylic acids is 1. The van der Waals surface area contributed by atoms with E-state index in [9.17, 15) is 4.79 Å². The minimum Gasteiger partial charge on any atom is -0.351 e. The van der Waals surface area contributed by atoms with Crippen molar-refractivity contribution < 1.29 is 4.79 Å². The highest BCUT2D eigenvalue weighted by molar-refractivity contribution is 7.99. The molecule has 3 nitrogen and oxygen atoms in total. The van der Waals surface area contributed by atoms with Crippen molar-refractivity contribution in [2.45, 2.75) is 9.79 Å². The standard InChI is InChI=1S/C16H14N2OS2/c17-11-12-5-1-3-7-14(12)21-15-8-4-2-6-13(15)16(19)18-9-10-20/h1-8,20H,9-10H2,(H,18,19). The number of benzene rings is 2. The van der Waals surface area contributed by atoms with Gasteiger partial charge in [-0.15, -0.1) is 0 Å². The molecule has 2 aromatic rings. The van der Waals surface area contributed by atoms with E-state index in [4.69, 9.17) is 5.26 Å². The molecule has 106 valence electrons.